The van der Waals surface area contributed by atoms with Crippen molar-refractivity contribution in [1.29, 1.82) is 0 Å². The van der Waals surface area contributed by atoms with Gasteiger partial charge < -0.3 is 15.4 Å². The van der Waals surface area contributed by atoms with Crippen molar-refractivity contribution in [3.05, 3.63) is 42.4 Å². The number of nitrogens with zero attached hydrogens (tertiary/aromatic N) is 3. The number of aryl methyl sites for hydroxylation is 1. The van der Waals surface area contributed by atoms with Crippen LogP contribution in [0.2, 0.25) is 0 Å². The van der Waals surface area contributed by atoms with Crippen LogP contribution in [-0.2, 0) is 16.6 Å². The van der Waals surface area contributed by atoms with Crippen molar-refractivity contribution in [2.75, 3.05) is 5.32 Å². The summed E-state index contributed by atoms with van der Waals surface area (Å²) in [5, 5.41) is 10.2. The highest BCUT2D eigenvalue weighted by atomic mass is 16.6. The summed E-state index contributed by atoms with van der Waals surface area (Å²) in [6, 6.07) is 3.37. The molecule has 0 saturated carbocycles. The topological polar surface area (TPSA) is 98.1 Å². The van der Waals surface area contributed by atoms with Gasteiger partial charge in [-0.3, -0.25) is 14.5 Å². The number of anilines is 1. The highest BCUT2D eigenvalue weighted by Gasteiger charge is 2.24. The number of amides is 2. The molecule has 3 heterocycles. The molecule has 0 aromatic carbocycles. The number of pyridine rings is 1. The van der Waals surface area contributed by atoms with Gasteiger partial charge in [-0.2, -0.15) is 5.10 Å². The second-order valence-corrected chi connectivity index (χ2v) is 8.37. The van der Waals surface area contributed by atoms with Gasteiger partial charge in [0.1, 0.15) is 5.60 Å². The van der Waals surface area contributed by atoms with Gasteiger partial charge in [-0.15, -0.1) is 0 Å². The van der Waals surface area contributed by atoms with Crippen LogP contribution in [0.15, 0.2) is 36.7 Å². The predicted molar refractivity (Wildman–Crippen MR) is 115 cm³/mol. The Balaban J connectivity index is 2.03. The first-order valence-electron chi connectivity index (χ1n) is 10.1. The van der Waals surface area contributed by atoms with E-state index in [1.165, 1.54) is 0 Å². The Bertz CT molecular complexity index is 958. The van der Waals surface area contributed by atoms with Gasteiger partial charge >= 0.3 is 6.09 Å². The number of carbonyl (C=O) groups excluding carboxylic acids is 2. The normalized spacial score (nSPS) is 19.2. The maximum absolute atomic E-state index is 12.8. The number of nitrogens with one attached hydrogen (secondary N) is 2. The van der Waals surface area contributed by atoms with Gasteiger partial charge in [-0.05, 0) is 45.7 Å². The Morgan fingerprint density at radius 1 is 1.40 bits per heavy atom. The van der Waals surface area contributed by atoms with Gasteiger partial charge in [0.15, 0.2) is 0 Å². The third kappa shape index (κ3) is 5.06. The van der Waals surface area contributed by atoms with Crippen LogP contribution in [0.25, 0.3) is 11.3 Å². The first-order valence-corrected chi connectivity index (χ1v) is 10.1. The number of rotatable bonds is 2. The van der Waals surface area contributed by atoms with Crippen LogP contribution in [0.5, 0.6) is 0 Å². The number of fused-ring (bicyclic) bond motifs is 4. The largest absolute Gasteiger partial charge is 0.444 e. The standard InChI is InChI=1S/C22H29N5O3/c1-6-14-8-7-9-16(26-21(29)30-22(2,3)4)17-12-15(10-11-23-17)19-18(25-20(14)28)13-24-27(19)5/h7-8,10-14,16H,6,9H2,1-5H3,(H,25,28)(H,26,29)/t14-,16?/m0/s1. The molecule has 1 aliphatic rings. The zero-order valence-electron chi connectivity index (χ0n) is 18.1. The molecule has 8 nitrogen and oxygen atoms in total. The molecule has 2 aromatic heterocycles. The molecular weight excluding hydrogens is 382 g/mol. The monoisotopic (exact) mass is 411 g/mol. The van der Waals surface area contributed by atoms with Crippen molar-refractivity contribution in [2.24, 2.45) is 13.0 Å². The number of ether oxygens (including phenoxy) is 1. The van der Waals surface area contributed by atoms with Crippen LogP contribution in [-0.4, -0.2) is 32.4 Å². The lowest BCUT2D eigenvalue weighted by molar-refractivity contribution is -0.118. The lowest BCUT2D eigenvalue weighted by atomic mass is 10.00. The number of carbonyl (C=O) groups is 2. The number of alkyl carbamates (subject to hydrolysis) is 1. The molecule has 1 aliphatic heterocycles. The second-order valence-electron chi connectivity index (χ2n) is 8.37. The molecule has 2 amide bonds. The van der Waals surface area contributed by atoms with Gasteiger partial charge in [-0.25, -0.2) is 4.79 Å². The average Bonchev–Trinajstić information content (AvgIpc) is 3.02. The summed E-state index contributed by atoms with van der Waals surface area (Å²) in [6.45, 7) is 7.42. The number of hydrogen-bond acceptors (Lipinski definition) is 5. The van der Waals surface area contributed by atoms with Crippen LogP contribution in [0, 0.1) is 5.92 Å². The molecule has 2 aromatic rings. The Hall–Kier alpha value is -3.16. The van der Waals surface area contributed by atoms with E-state index in [-0.39, 0.29) is 11.8 Å². The highest BCUT2D eigenvalue weighted by Crippen LogP contribution is 2.30. The van der Waals surface area contributed by atoms with Crippen LogP contribution in [0.1, 0.15) is 52.3 Å². The molecule has 3 rings (SSSR count). The van der Waals surface area contributed by atoms with E-state index in [9.17, 15) is 9.59 Å². The fourth-order valence-corrected chi connectivity index (χ4v) is 3.37. The SMILES string of the molecule is CC[C@H]1C=CCC(NC(=O)OC(C)(C)C)c2cc(ccn2)-c2c(cnn2C)NC1=O. The van der Waals surface area contributed by atoms with E-state index >= 15 is 0 Å². The molecular formula is C22H29N5O3. The van der Waals surface area contributed by atoms with Gasteiger partial charge in [0, 0.05) is 18.8 Å². The van der Waals surface area contributed by atoms with Crippen molar-refractivity contribution >= 4 is 17.7 Å². The number of hydrogen-bond donors (Lipinski definition) is 2. The fourth-order valence-electron chi connectivity index (χ4n) is 3.37. The van der Waals surface area contributed by atoms with E-state index in [0.717, 1.165) is 11.3 Å². The van der Waals surface area contributed by atoms with Crippen molar-refractivity contribution in [3.63, 3.8) is 0 Å². The molecule has 0 fully saturated rings. The highest BCUT2D eigenvalue weighted by molar-refractivity contribution is 5.96. The first-order chi connectivity index (χ1) is 14.2. The minimum atomic E-state index is -0.602. The van der Waals surface area contributed by atoms with E-state index in [1.54, 1.807) is 17.1 Å². The summed E-state index contributed by atoms with van der Waals surface area (Å²) >= 11 is 0. The quantitative estimate of drug-likeness (QED) is 0.729. The molecule has 0 saturated heterocycles. The molecule has 0 spiro atoms. The van der Waals surface area contributed by atoms with Gasteiger partial charge in [-0.1, -0.05) is 19.1 Å². The summed E-state index contributed by atoms with van der Waals surface area (Å²) in [4.78, 5) is 29.7. The molecule has 2 bridgehead atoms. The van der Waals surface area contributed by atoms with Crippen LogP contribution < -0.4 is 10.6 Å². The Morgan fingerprint density at radius 3 is 2.87 bits per heavy atom. The summed E-state index contributed by atoms with van der Waals surface area (Å²) in [5.41, 5.74) is 2.38. The van der Waals surface area contributed by atoms with Crippen molar-refractivity contribution < 1.29 is 14.3 Å². The predicted octanol–water partition coefficient (Wildman–Crippen LogP) is 3.97. The lowest BCUT2D eigenvalue weighted by Crippen LogP contribution is -2.35. The van der Waals surface area contributed by atoms with Gasteiger partial charge in [0.2, 0.25) is 5.91 Å². The van der Waals surface area contributed by atoms with E-state index in [2.05, 4.69) is 20.7 Å². The molecule has 2 atom stereocenters. The molecule has 30 heavy (non-hydrogen) atoms. The van der Waals surface area contributed by atoms with Crippen LogP contribution in [0.3, 0.4) is 0 Å². The molecule has 8 heteroatoms. The third-order valence-corrected chi connectivity index (χ3v) is 4.82. The van der Waals surface area contributed by atoms with E-state index in [4.69, 9.17) is 4.74 Å². The molecule has 160 valence electrons. The first kappa shape index (κ1) is 21.5. The summed E-state index contributed by atoms with van der Waals surface area (Å²) in [5.74, 6) is -0.375. The van der Waals surface area contributed by atoms with Gasteiger partial charge in [0.25, 0.3) is 0 Å². The molecule has 0 aliphatic carbocycles. The molecule has 0 radical (unpaired) electrons. The average molecular weight is 412 g/mol. The minimum absolute atomic E-state index is 0.0884. The van der Waals surface area contributed by atoms with Crippen LogP contribution >= 0.6 is 0 Å². The zero-order chi connectivity index (χ0) is 21.9. The molecule has 2 N–H and O–H groups in total. The third-order valence-electron chi connectivity index (χ3n) is 4.82. The maximum atomic E-state index is 12.8. The lowest BCUT2D eigenvalue weighted by Gasteiger charge is -2.23. The summed E-state index contributed by atoms with van der Waals surface area (Å²) in [7, 11) is 1.82. The number of aromatic nitrogens is 3. The molecule has 1 unspecified atom stereocenters. The smallest absolute Gasteiger partial charge is 0.408 e. The maximum Gasteiger partial charge on any atom is 0.408 e. The fraction of sp³-hybridized carbons (Fsp3) is 0.455. The van der Waals surface area contributed by atoms with Crippen molar-refractivity contribution in [1.82, 2.24) is 20.1 Å². The van der Waals surface area contributed by atoms with E-state index in [1.807, 2.05) is 59.0 Å². The van der Waals surface area contributed by atoms with Crippen molar-refractivity contribution in [3.8, 4) is 11.3 Å². The Kier molecular flexibility index (Phi) is 6.24. The van der Waals surface area contributed by atoms with Crippen LogP contribution in [0.4, 0.5) is 10.5 Å². The Morgan fingerprint density at radius 2 is 2.17 bits per heavy atom. The van der Waals surface area contributed by atoms with E-state index in [0.29, 0.717) is 24.2 Å². The summed E-state index contributed by atoms with van der Waals surface area (Å²) < 4.78 is 7.14. The second kappa shape index (κ2) is 8.69. The van der Waals surface area contributed by atoms with Gasteiger partial charge in [0.05, 0.1) is 35.2 Å². The summed E-state index contributed by atoms with van der Waals surface area (Å²) in [6.07, 6.45) is 7.76. The van der Waals surface area contributed by atoms with Crippen molar-refractivity contribution in [2.45, 2.75) is 52.2 Å². The minimum Gasteiger partial charge on any atom is -0.444 e. The zero-order valence-corrected chi connectivity index (χ0v) is 18.1. The van der Waals surface area contributed by atoms with E-state index < -0.39 is 17.7 Å². The Labute approximate surface area is 176 Å².